The zero-order valence-electron chi connectivity index (χ0n) is 10.8. The Bertz CT molecular complexity index is 615. The number of hydrogen-bond acceptors (Lipinski definition) is 3. The van der Waals surface area contributed by atoms with Crippen molar-refractivity contribution >= 4 is 17.4 Å². The number of hydrogen-bond donors (Lipinski definition) is 2. The van der Waals surface area contributed by atoms with Crippen LogP contribution in [0.3, 0.4) is 0 Å². The predicted molar refractivity (Wildman–Crippen MR) is 73.9 cm³/mol. The lowest BCUT2D eigenvalue weighted by molar-refractivity contribution is -0.137. The Labute approximate surface area is 124 Å². The summed E-state index contributed by atoms with van der Waals surface area (Å²) >= 11 is 5.60. The highest BCUT2D eigenvalue weighted by Crippen LogP contribution is 2.32. The summed E-state index contributed by atoms with van der Waals surface area (Å²) in [5, 5.41) is 11.5. The molecule has 1 heterocycles. The highest BCUT2D eigenvalue weighted by molar-refractivity contribution is 6.29. The van der Waals surface area contributed by atoms with Gasteiger partial charge in [0.15, 0.2) is 0 Å². The fourth-order valence-corrected chi connectivity index (χ4v) is 1.91. The second-order valence-corrected chi connectivity index (χ2v) is 4.78. The standard InChI is InChI=1S/C14H12ClF3N2O/c15-12-5-11(14(16,17)18)6-13(20-12)19-7-9-1-3-10(8-21)4-2-9/h1-6,21H,7-8H2,(H,19,20). The normalized spacial score (nSPS) is 11.5. The van der Waals surface area contributed by atoms with Gasteiger partial charge in [-0.25, -0.2) is 4.98 Å². The van der Waals surface area contributed by atoms with E-state index >= 15 is 0 Å². The van der Waals surface area contributed by atoms with E-state index in [9.17, 15) is 13.2 Å². The number of pyridine rings is 1. The number of aromatic nitrogens is 1. The highest BCUT2D eigenvalue weighted by Gasteiger charge is 2.31. The molecule has 3 nitrogen and oxygen atoms in total. The van der Waals surface area contributed by atoms with E-state index in [4.69, 9.17) is 16.7 Å². The Morgan fingerprint density at radius 1 is 1.10 bits per heavy atom. The molecule has 21 heavy (non-hydrogen) atoms. The summed E-state index contributed by atoms with van der Waals surface area (Å²) in [5.74, 6) is 0.0565. The first-order valence-electron chi connectivity index (χ1n) is 6.06. The molecule has 0 saturated heterocycles. The van der Waals surface area contributed by atoms with Crippen LogP contribution in [-0.4, -0.2) is 10.1 Å². The topological polar surface area (TPSA) is 45.1 Å². The van der Waals surface area contributed by atoms with E-state index in [0.29, 0.717) is 6.54 Å². The maximum absolute atomic E-state index is 12.7. The fraction of sp³-hybridized carbons (Fsp3) is 0.214. The quantitative estimate of drug-likeness (QED) is 0.842. The van der Waals surface area contributed by atoms with Crippen molar-refractivity contribution in [1.29, 1.82) is 0 Å². The molecule has 1 aromatic heterocycles. The zero-order chi connectivity index (χ0) is 15.5. The van der Waals surface area contributed by atoms with Crippen molar-refractivity contribution in [1.82, 2.24) is 4.98 Å². The van der Waals surface area contributed by atoms with Crippen molar-refractivity contribution in [3.8, 4) is 0 Å². The van der Waals surface area contributed by atoms with Gasteiger partial charge in [0.1, 0.15) is 11.0 Å². The molecule has 7 heteroatoms. The SMILES string of the molecule is OCc1ccc(CNc2cc(C(F)(F)F)cc(Cl)n2)cc1. The molecule has 2 aromatic rings. The second kappa shape index (κ2) is 6.32. The molecule has 0 spiro atoms. The van der Waals surface area contributed by atoms with E-state index < -0.39 is 11.7 Å². The Hall–Kier alpha value is -1.79. The van der Waals surface area contributed by atoms with Gasteiger partial charge in [-0.3, -0.25) is 0 Å². The first-order valence-corrected chi connectivity index (χ1v) is 6.43. The van der Waals surface area contributed by atoms with E-state index in [1.165, 1.54) is 0 Å². The minimum Gasteiger partial charge on any atom is -0.392 e. The first kappa shape index (κ1) is 15.6. The van der Waals surface area contributed by atoms with Crippen LogP contribution in [0.4, 0.5) is 19.0 Å². The lowest BCUT2D eigenvalue weighted by Gasteiger charge is -2.11. The molecule has 0 fully saturated rings. The van der Waals surface area contributed by atoms with Crippen LogP contribution in [-0.2, 0) is 19.3 Å². The van der Waals surface area contributed by atoms with Crippen molar-refractivity contribution in [2.75, 3.05) is 5.32 Å². The number of nitrogens with zero attached hydrogens (tertiary/aromatic N) is 1. The van der Waals surface area contributed by atoms with Gasteiger partial charge in [-0.1, -0.05) is 35.9 Å². The molecule has 0 amide bonds. The van der Waals surface area contributed by atoms with Crippen LogP contribution in [0.2, 0.25) is 5.15 Å². The number of aliphatic hydroxyl groups is 1. The lowest BCUT2D eigenvalue weighted by Crippen LogP contribution is -2.08. The average Bonchev–Trinajstić information content (AvgIpc) is 2.44. The van der Waals surface area contributed by atoms with Crippen LogP contribution in [0.5, 0.6) is 0 Å². The first-order chi connectivity index (χ1) is 9.88. The second-order valence-electron chi connectivity index (χ2n) is 4.39. The van der Waals surface area contributed by atoms with Crippen LogP contribution in [0.25, 0.3) is 0 Å². The Kier molecular flexibility index (Phi) is 4.69. The van der Waals surface area contributed by atoms with E-state index in [2.05, 4.69) is 10.3 Å². The molecule has 0 aliphatic carbocycles. The van der Waals surface area contributed by atoms with Gasteiger partial charge in [0.2, 0.25) is 0 Å². The van der Waals surface area contributed by atoms with Crippen LogP contribution in [0.15, 0.2) is 36.4 Å². The zero-order valence-corrected chi connectivity index (χ0v) is 11.5. The number of alkyl halides is 3. The molecule has 112 valence electrons. The molecule has 0 atom stereocenters. The van der Waals surface area contributed by atoms with E-state index in [-0.39, 0.29) is 17.6 Å². The number of rotatable bonds is 4. The molecule has 1 aromatic carbocycles. The third-order valence-electron chi connectivity index (χ3n) is 2.80. The molecule has 0 radical (unpaired) electrons. The minimum atomic E-state index is -4.47. The minimum absolute atomic E-state index is 0.0565. The molecule has 2 rings (SSSR count). The summed E-state index contributed by atoms with van der Waals surface area (Å²) in [5.41, 5.74) is 0.766. The number of aliphatic hydroxyl groups excluding tert-OH is 1. The van der Waals surface area contributed by atoms with E-state index in [0.717, 1.165) is 23.3 Å². The monoisotopic (exact) mass is 316 g/mol. The molecule has 2 N–H and O–H groups in total. The molecule has 0 aliphatic heterocycles. The van der Waals surface area contributed by atoms with Crippen molar-refractivity contribution < 1.29 is 18.3 Å². The van der Waals surface area contributed by atoms with Gasteiger partial charge >= 0.3 is 6.18 Å². The lowest BCUT2D eigenvalue weighted by atomic mass is 10.1. The highest BCUT2D eigenvalue weighted by atomic mass is 35.5. The third kappa shape index (κ3) is 4.34. The molecular weight excluding hydrogens is 305 g/mol. The van der Waals surface area contributed by atoms with Gasteiger partial charge in [-0.05, 0) is 23.3 Å². The van der Waals surface area contributed by atoms with Crippen LogP contribution < -0.4 is 5.32 Å². The largest absolute Gasteiger partial charge is 0.416 e. The van der Waals surface area contributed by atoms with Gasteiger partial charge in [0.25, 0.3) is 0 Å². The Morgan fingerprint density at radius 2 is 1.71 bits per heavy atom. The van der Waals surface area contributed by atoms with E-state index in [1.54, 1.807) is 24.3 Å². The Morgan fingerprint density at radius 3 is 2.29 bits per heavy atom. The predicted octanol–water partition coefficient (Wildman–Crippen LogP) is 3.86. The number of halogens is 4. The van der Waals surface area contributed by atoms with Gasteiger partial charge < -0.3 is 10.4 Å². The molecule has 0 bridgehead atoms. The summed E-state index contributed by atoms with van der Waals surface area (Å²) < 4.78 is 38.0. The maximum Gasteiger partial charge on any atom is 0.416 e. The van der Waals surface area contributed by atoms with Gasteiger partial charge in [-0.15, -0.1) is 0 Å². The Balaban J connectivity index is 2.10. The fourth-order valence-electron chi connectivity index (χ4n) is 1.71. The number of anilines is 1. The van der Waals surface area contributed by atoms with Crippen molar-refractivity contribution in [3.05, 3.63) is 58.2 Å². The summed E-state index contributed by atoms with van der Waals surface area (Å²) in [4.78, 5) is 3.81. The van der Waals surface area contributed by atoms with Crippen LogP contribution in [0.1, 0.15) is 16.7 Å². The van der Waals surface area contributed by atoms with Gasteiger partial charge in [0, 0.05) is 6.54 Å². The van der Waals surface area contributed by atoms with Gasteiger partial charge in [-0.2, -0.15) is 13.2 Å². The number of nitrogens with one attached hydrogen (secondary N) is 1. The smallest absolute Gasteiger partial charge is 0.392 e. The molecule has 0 unspecified atom stereocenters. The van der Waals surface area contributed by atoms with Crippen LogP contribution in [0, 0.1) is 0 Å². The van der Waals surface area contributed by atoms with E-state index in [1.807, 2.05) is 0 Å². The summed E-state index contributed by atoms with van der Waals surface area (Å²) in [6.45, 7) is 0.245. The van der Waals surface area contributed by atoms with Crippen LogP contribution >= 0.6 is 11.6 Å². The molecule has 0 aliphatic rings. The average molecular weight is 317 g/mol. The summed E-state index contributed by atoms with van der Waals surface area (Å²) in [7, 11) is 0. The molecule has 0 saturated carbocycles. The van der Waals surface area contributed by atoms with Crippen molar-refractivity contribution in [2.24, 2.45) is 0 Å². The van der Waals surface area contributed by atoms with Gasteiger partial charge in [0.05, 0.1) is 12.2 Å². The van der Waals surface area contributed by atoms with Crippen molar-refractivity contribution in [3.63, 3.8) is 0 Å². The third-order valence-corrected chi connectivity index (χ3v) is 2.99. The summed E-state index contributed by atoms with van der Waals surface area (Å²) in [6.07, 6.45) is -4.47. The number of benzene rings is 1. The molecular formula is C14H12ClF3N2O. The summed E-state index contributed by atoms with van der Waals surface area (Å²) in [6, 6.07) is 8.71. The van der Waals surface area contributed by atoms with Crippen molar-refractivity contribution in [2.45, 2.75) is 19.3 Å². The maximum atomic E-state index is 12.7.